The molecule has 4 nitrogen and oxygen atoms in total. The Morgan fingerprint density at radius 1 is 1.00 bits per heavy atom. The molecular formula is C24H32N2O2. The molecule has 2 aromatic rings. The topological polar surface area (TPSA) is 49.4 Å². The van der Waals surface area contributed by atoms with Crippen LogP contribution in [0, 0.1) is 20.8 Å². The molecule has 0 bridgehead atoms. The summed E-state index contributed by atoms with van der Waals surface area (Å²) in [5, 5.41) is 2.92. The summed E-state index contributed by atoms with van der Waals surface area (Å²) < 4.78 is 0. The van der Waals surface area contributed by atoms with Crippen molar-refractivity contribution in [2.24, 2.45) is 0 Å². The second-order valence-electron chi connectivity index (χ2n) is 7.51. The van der Waals surface area contributed by atoms with Crippen LogP contribution in [0.5, 0.6) is 0 Å². The Kier molecular flexibility index (Phi) is 7.80. The first-order valence-corrected chi connectivity index (χ1v) is 10.0. The van der Waals surface area contributed by atoms with Crippen LogP contribution in [0.3, 0.4) is 0 Å². The highest BCUT2D eigenvalue weighted by molar-refractivity contribution is 5.88. The number of carbonyl (C=O) groups excluding carboxylic acids is 2. The number of amides is 2. The van der Waals surface area contributed by atoms with Crippen molar-refractivity contribution in [3.05, 3.63) is 70.3 Å². The summed E-state index contributed by atoms with van der Waals surface area (Å²) in [4.78, 5) is 27.5. The maximum Gasteiger partial charge on any atom is 0.242 e. The molecule has 28 heavy (non-hydrogen) atoms. The van der Waals surface area contributed by atoms with Crippen LogP contribution in [0.2, 0.25) is 0 Å². The molecule has 2 rings (SSSR count). The van der Waals surface area contributed by atoms with Crippen molar-refractivity contribution >= 4 is 11.8 Å². The fourth-order valence-electron chi connectivity index (χ4n) is 3.14. The maximum atomic E-state index is 13.2. The van der Waals surface area contributed by atoms with E-state index >= 15 is 0 Å². The molecule has 0 saturated carbocycles. The van der Waals surface area contributed by atoms with Gasteiger partial charge in [-0.05, 0) is 61.9 Å². The van der Waals surface area contributed by atoms with E-state index in [0.717, 1.165) is 23.1 Å². The Morgan fingerprint density at radius 2 is 1.71 bits per heavy atom. The second kappa shape index (κ2) is 10.1. The standard InChI is InChI=1S/C24H32N2O2/c1-6-13-25-24(28)20(5)26(16-22-10-8-7-9-18(22)3)23(27)15-21-12-11-17(2)19(4)14-21/h7-12,14,20H,6,13,15-16H2,1-5H3,(H,25,28). The van der Waals surface area contributed by atoms with Gasteiger partial charge < -0.3 is 10.2 Å². The van der Waals surface area contributed by atoms with Crippen LogP contribution in [0.1, 0.15) is 48.1 Å². The zero-order valence-electron chi connectivity index (χ0n) is 17.7. The zero-order chi connectivity index (χ0) is 20.7. The normalized spacial score (nSPS) is 11.8. The minimum absolute atomic E-state index is 0.0364. The molecule has 0 saturated heterocycles. The number of rotatable bonds is 8. The summed E-state index contributed by atoms with van der Waals surface area (Å²) in [5.74, 6) is -0.144. The number of hydrogen-bond donors (Lipinski definition) is 1. The Bertz CT molecular complexity index is 829. The van der Waals surface area contributed by atoms with Gasteiger partial charge in [0.15, 0.2) is 0 Å². The predicted octanol–water partition coefficient (Wildman–Crippen LogP) is 4.10. The van der Waals surface area contributed by atoms with E-state index in [-0.39, 0.29) is 11.8 Å². The Balaban J connectivity index is 2.25. The van der Waals surface area contributed by atoms with Gasteiger partial charge >= 0.3 is 0 Å². The van der Waals surface area contributed by atoms with Crippen molar-refractivity contribution in [1.29, 1.82) is 0 Å². The van der Waals surface area contributed by atoms with Crippen LogP contribution in [-0.4, -0.2) is 29.3 Å². The van der Waals surface area contributed by atoms with Crippen molar-refractivity contribution in [1.82, 2.24) is 10.2 Å². The average Bonchev–Trinajstić information content (AvgIpc) is 2.67. The van der Waals surface area contributed by atoms with Crippen molar-refractivity contribution < 1.29 is 9.59 Å². The van der Waals surface area contributed by atoms with Crippen LogP contribution >= 0.6 is 0 Å². The lowest BCUT2D eigenvalue weighted by Gasteiger charge is -2.29. The van der Waals surface area contributed by atoms with Gasteiger partial charge in [-0.15, -0.1) is 0 Å². The first-order chi connectivity index (χ1) is 13.3. The maximum absolute atomic E-state index is 13.2. The van der Waals surface area contributed by atoms with Crippen molar-refractivity contribution in [3.63, 3.8) is 0 Å². The molecule has 0 aliphatic heterocycles. The Morgan fingerprint density at radius 3 is 2.36 bits per heavy atom. The monoisotopic (exact) mass is 380 g/mol. The molecule has 1 unspecified atom stereocenters. The summed E-state index contributed by atoms with van der Waals surface area (Å²) in [6, 6.07) is 13.6. The molecule has 0 aliphatic carbocycles. The van der Waals surface area contributed by atoms with E-state index in [0.29, 0.717) is 19.5 Å². The number of carbonyl (C=O) groups is 2. The van der Waals surface area contributed by atoms with Gasteiger partial charge in [-0.2, -0.15) is 0 Å². The van der Waals surface area contributed by atoms with Gasteiger partial charge in [0, 0.05) is 13.1 Å². The third-order valence-corrected chi connectivity index (χ3v) is 5.25. The SMILES string of the molecule is CCCNC(=O)C(C)N(Cc1ccccc1C)C(=O)Cc1ccc(C)c(C)c1. The van der Waals surface area contributed by atoms with Crippen LogP contribution in [0.15, 0.2) is 42.5 Å². The summed E-state index contributed by atoms with van der Waals surface area (Å²) in [5.41, 5.74) is 5.53. The molecule has 0 spiro atoms. The molecule has 4 heteroatoms. The molecule has 150 valence electrons. The average molecular weight is 381 g/mol. The van der Waals surface area contributed by atoms with Crippen molar-refractivity contribution in [3.8, 4) is 0 Å². The molecular weight excluding hydrogens is 348 g/mol. The predicted molar refractivity (Wildman–Crippen MR) is 114 cm³/mol. The van der Waals surface area contributed by atoms with Gasteiger partial charge in [0.1, 0.15) is 6.04 Å². The summed E-state index contributed by atoms with van der Waals surface area (Å²) in [6.07, 6.45) is 1.16. The van der Waals surface area contributed by atoms with E-state index in [4.69, 9.17) is 0 Å². The number of nitrogens with zero attached hydrogens (tertiary/aromatic N) is 1. The summed E-state index contributed by atoms with van der Waals surface area (Å²) in [6.45, 7) is 11.0. The summed E-state index contributed by atoms with van der Waals surface area (Å²) >= 11 is 0. The number of nitrogens with one attached hydrogen (secondary N) is 1. The molecule has 0 radical (unpaired) electrons. The quantitative estimate of drug-likeness (QED) is 0.750. The third-order valence-electron chi connectivity index (χ3n) is 5.25. The van der Waals surface area contributed by atoms with Gasteiger partial charge in [0.25, 0.3) is 0 Å². The fourth-order valence-corrected chi connectivity index (χ4v) is 3.14. The number of hydrogen-bond acceptors (Lipinski definition) is 2. The minimum atomic E-state index is -0.523. The fraction of sp³-hybridized carbons (Fsp3) is 0.417. The van der Waals surface area contributed by atoms with Gasteiger partial charge in [0.2, 0.25) is 11.8 Å². The van der Waals surface area contributed by atoms with Crippen LogP contribution in [0.4, 0.5) is 0 Å². The highest BCUT2D eigenvalue weighted by Crippen LogP contribution is 2.16. The van der Waals surface area contributed by atoms with E-state index in [2.05, 4.69) is 25.2 Å². The lowest BCUT2D eigenvalue weighted by molar-refractivity contribution is -0.140. The van der Waals surface area contributed by atoms with Gasteiger partial charge in [-0.1, -0.05) is 49.4 Å². The van der Waals surface area contributed by atoms with Crippen LogP contribution < -0.4 is 5.32 Å². The van der Waals surface area contributed by atoms with E-state index < -0.39 is 6.04 Å². The van der Waals surface area contributed by atoms with E-state index in [1.165, 1.54) is 11.1 Å². The lowest BCUT2D eigenvalue weighted by atomic mass is 10.0. The van der Waals surface area contributed by atoms with Crippen LogP contribution in [-0.2, 0) is 22.6 Å². The van der Waals surface area contributed by atoms with Crippen molar-refractivity contribution in [2.75, 3.05) is 6.54 Å². The second-order valence-corrected chi connectivity index (χ2v) is 7.51. The smallest absolute Gasteiger partial charge is 0.242 e. The van der Waals surface area contributed by atoms with Crippen LogP contribution in [0.25, 0.3) is 0 Å². The highest BCUT2D eigenvalue weighted by atomic mass is 16.2. The molecule has 2 aromatic carbocycles. The molecule has 0 heterocycles. The Labute approximate surface area is 169 Å². The molecule has 0 aromatic heterocycles. The van der Waals surface area contributed by atoms with E-state index in [9.17, 15) is 9.59 Å². The number of aryl methyl sites for hydroxylation is 3. The Hall–Kier alpha value is -2.62. The third kappa shape index (κ3) is 5.69. The molecule has 1 atom stereocenters. The van der Waals surface area contributed by atoms with E-state index in [1.54, 1.807) is 4.90 Å². The summed E-state index contributed by atoms with van der Waals surface area (Å²) in [7, 11) is 0. The largest absolute Gasteiger partial charge is 0.354 e. The molecule has 2 amide bonds. The first kappa shape index (κ1) is 21.7. The first-order valence-electron chi connectivity index (χ1n) is 10.0. The van der Waals surface area contributed by atoms with Gasteiger partial charge in [0.05, 0.1) is 6.42 Å². The van der Waals surface area contributed by atoms with Gasteiger partial charge in [-0.25, -0.2) is 0 Å². The molecule has 0 fully saturated rings. The van der Waals surface area contributed by atoms with Gasteiger partial charge in [-0.3, -0.25) is 9.59 Å². The molecule has 0 aliphatic rings. The zero-order valence-corrected chi connectivity index (χ0v) is 17.7. The molecule has 1 N–H and O–H groups in total. The number of benzene rings is 2. The highest BCUT2D eigenvalue weighted by Gasteiger charge is 2.26. The minimum Gasteiger partial charge on any atom is -0.354 e. The van der Waals surface area contributed by atoms with Crippen molar-refractivity contribution in [2.45, 2.75) is 60.0 Å². The van der Waals surface area contributed by atoms with E-state index in [1.807, 2.05) is 57.2 Å². The lowest BCUT2D eigenvalue weighted by Crippen LogP contribution is -2.48.